The van der Waals surface area contributed by atoms with Gasteiger partial charge in [0.2, 0.25) is 5.85 Å². The molecule has 0 aromatic carbocycles. The maximum absolute atomic E-state index is 11.9. The van der Waals surface area contributed by atoms with Crippen LogP contribution in [0.1, 0.15) is 12.8 Å². The zero-order valence-corrected chi connectivity index (χ0v) is 13.8. The number of methoxy groups -OCH3 is 1. The molecule has 0 aromatic heterocycles. The van der Waals surface area contributed by atoms with Crippen molar-refractivity contribution < 1.29 is 28.9 Å². The topological polar surface area (TPSA) is 207 Å². The SMILES string of the molecule is COC(=O)[C@@H](O)P(=O)(O)N(C)NC(=O)[C@@H](N)CCCN=C(N)N. The fraction of sp³-hybridized carbons (Fsp3) is 0.700. The summed E-state index contributed by atoms with van der Waals surface area (Å²) in [6.45, 7) is 0.276. The maximum Gasteiger partial charge on any atom is 0.346 e. The number of guanidine groups is 1. The Bertz CT molecular complexity index is 496. The van der Waals surface area contributed by atoms with Crippen LogP contribution < -0.4 is 22.6 Å². The van der Waals surface area contributed by atoms with Crippen molar-refractivity contribution in [1.82, 2.24) is 10.2 Å². The Balaban J connectivity index is 4.55. The summed E-state index contributed by atoms with van der Waals surface area (Å²) in [5.41, 5.74) is 17.9. The second-order valence-corrected chi connectivity index (χ2v) is 6.81. The van der Waals surface area contributed by atoms with Gasteiger partial charge in [-0.1, -0.05) is 0 Å². The molecule has 0 radical (unpaired) electrons. The molecule has 0 saturated carbocycles. The van der Waals surface area contributed by atoms with Gasteiger partial charge in [-0.3, -0.25) is 19.8 Å². The van der Waals surface area contributed by atoms with E-state index in [9.17, 15) is 24.2 Å². The van der Waals surface area contributed by atoms with Crippen LogP contribution in [0.4, 0.5) is 0 Å². The van der Waals surface area contributed by atoms with Gasteiger partial charge in [-0.15, -0.1) is 4.78 Å². The van der Waals surface area contributed by atoms with Crippen LogP contribution in [-0.2, 0) is 18.9 Å². The van der Waals surface area contributed by atoms with E-state index < -0.39 is 31.3 Å². The molecule has 0 spiro atoms. The summed E-state index contributed by atoms with van der Waals surface area (Å²) in [4.78, 5) is 36.3. The van der Waals surface area contributed by atoms with E-state index in [-0.39, 0.29) is 18.9 Å². The van der Waals surface area contributed by atoms with Crippen LogP contribution in [0.15, 0.2) is 4.99 Å². The number of nitrogens with one attached hydrogen (secondary N) is 1. The zero-order valence-electron chi connectivity index (χ0n) is 12.9. The molecule has 0 aliphatic rings. The molecule has 9 N–H and O–H groups in total. The largest absolute Gasteiger partial charge is 0.467 e. The normalized spacial score (nSPS) is 16.1. The third-order valence-corrected chi connectivity index (χ3v) is 4.54. The molecule has 0 saturated heterocycles. The average molecular weight is 354 g/mol. The van der Waals surface area contributed by atoms with Crippen molar-refractivity contribution in [2.75, 3.05) is 20.7 Å². The first-order valence-corrected chi connectivity index (χ1v) is 8.16. The molecule has 1 unspecified atom stereocenters. The molecule has 23 heavy (non-hydrogen) atoms. The monoisotopic (exact) mass is 354 g/mol. The first kappa shape index (κ1) is 21.3. The van der Waals surface area contributed by atoms with Crippen LogP contribution in [0, 0.1) is 0 Å². The Labute approximate surface area is 133 Å². The molecule has 0 aromatic rings. The molecule has 0 aliphatic heterocycles. The number of rotatable bonds is 9. The van der Waals surface area contributed by atoms with Gasteiger partial charge in [-0.25, -0.2) is 4.79 Å². The minimum Gasteiger partial charge on any atom is -0.467 e. The van der Waals surface area contributed by atoms with Crippen molar-refractivity contribution in [2.24, 2.45) is 22.2 Å². The Hall–Kier alpha value is -1.72. The van der Waals surface area contributed by atoms with Crippen LogP contribution in [0.25, 0.3) is 0 Å². The van der Waals surface area contributed by atoms with Gasteiger partial charge in [-0.05, 0) is 12.8 Å². The number of carbonyl (C=O) groups is 2. The third-order valence-electron chi connectivity index (χ3n) is 2.74. The van der Waals surface area contributed by atoms with E-state index in [1.807, 2.05) is 5.43 Å². The van der Waals surface area contributed by atoms with Crippen LogP contribution in [0.2, 0.25) is 0 Å². The van der Waals surface area contributed by atoms with E-state index in [1.54, 1.807) is 0 Å². The van der Waals surface area contributed by atoms with Gasteiger partial charge in [0.25, 0.3) is 5.91 Å². The van der Waals surface area contributed by atoms with E-state index >= 15 is 0 Å². The number of nitrogens with zero attached hydrogens (tertiary/aromatic N) is 2. The van der Waals surface area contributed by atoms with Crippen molar-refractivity contribution >= 4 is 25.4 Å². The fourth-order valence-electron chi connectivity index (χ4n) is 1.37. The van der Waals surface area contributed by atoms with Crippen molar-refractivity contribution in [2.45, 2.75) is 24.7 Å². The van der Waals surface area contributed by atoms with Crippen molar-refractivity contribution in [3.63, 3.8) is 0 Å². The number of esters is 1. The highest BCUT2D eigenvalue weighted by Gasteiger charge is 2.41. The number of hydrazine groups is 1. The second-order valence-electron chi connectivity index (χ2n) is 4.54. The predicted molar refractivity (Wildman–Crippen MR) is 81.6 cm³/mol. The van der Waals surface area contributed by atoms with E-state index in [4.69, 9.17) is 17.2 Å². The van der Waals surface area contributed by atoms with Gasteiger partial charge in [-0.2, -0.15) is 0 Å². The van der Waals surface area contributed by atoms with E-state index in [2.05, 4.69) is 9.73 Å². The lowest BCUT2D eigenvalue weighted by atomic mass is 10.1. The number of hydrogen-bond donors (Lipinski definition) is 6. The molecular formula is C10H23N6O6P. The summed E-state index contributed by atoms with van der Waals surface area (Å²) in [5, 5.41) is 9.44. The van der Waals surface area contributed by atoms with Gasteiger partial charge >= 0.3 is 13.5 Å². The predicted octanol–water partition coefficient (Wildman–Crippen LogP) is -2.99. The molecule has 0 aliphatic carbocycles. The van der Waals surface area contributed by atoms with Gasteiger partial charge in [0, 0.05) is 13.6 Å². The average Bonchev–Trinajstić information content (AvgIpc) is 2.49. The first-order chi connectivity index (χ1) is 10.5. The first-order valence-electron chi connectivity index (χ1n) is 6.48. The highest BCUT2D eigenvalue weighted by molar-refractivity contribution is 7.57. The molecule has 0 bridgehead atoms. The lowest BCUT2D eigenvalue weighted by Crippen LogP contribution is -2.48. The minimum atomic E-state index is -4.61. The lowest BCUT2D eigenvalue weighted by Gasteiger charge is -2.27. The Morgan fingerprint density at radius 3 is 2.48 bits per heavy atom. The number of nitrogens with two attached hydrogens (primary N) is 3. The standard InChI is InChI=1S/C10H23N6O6P/c1-16(23(20,21)9(19)8(18)22-2)15-7(17)6(11)4-3-5-14-10(12)13/h6,9,19H,3-5,11H2,1-2H3,(H,15,17)(H,20,21)(H4,12,13,14)/t6-,9-/m0/s1. The molecule has 12 nitrogen and oxygen atoms in total. The Morgan fingerprint density at radius 2 is 2.00 bits per heavy atom. The summed E-state index contributed by atoms with van der Waals surface area (Å²) in [6, 6.07) is -0.998. The number of aliphatic imine (C=N–C) groups is 1. The Morgan fingerprint density at radius 1 is 1.43 bits per heavy atom. The highest BCUT2D eigenvalue weighted by atomic mass is 31.2. The second kappa shape index (κ2) is 9.43. The van der Waals surface area contributed by atoms with Crippen molar-refractivity contribution in [3.8, 4) is 0 Å². The van der Waals surface area contributed by atoms with Crippen molar-refractivity contribution in [3.05, 3.63) is 0 Å². The van der Waals surface area contributed by atoms with Crippen LogP contribution >= 0.6 is 7.52 Å². The smallest absolute Gasteiger partial charge is 0.346 e. The summed E-state index contributed by atoms with van der Waals surface area (Å²) >= 11 is 0. The van der Waals surface area contributed by atoms with Crippen LogP contribution in [-0.4, -0.2) is 65.2 Å². The molecule has 3 atom stereocenters. The van der Waals surface area contributed by atoms with Crippen LogP contribution in [0.5, 0.6) is 0 Å². The van der Waals surface area contributed by atoms with E-state index in [1.165, 1.54) is 0 Å². The fourth-order valence-corrected chi connectivity index (χ4v) is 2.32. The zero-order chi connectivity index (χ0) is 18.2. The molecular weight excluding hydrogens is 331 g/mol. The maximum atomic E-state index is 11.9. The number of aliphatic hydroxyl groups is 1. The molecule has 0 heterocycles. The minimum absolute atomic E-state index is 0.0826. The van der Waals surface area contributed by atoms with Gasteiger partial charge < -0.3 is 31.9 Å². The number of carbonyl (C=O) groups excluding carboxylic acids is 2. The van der Waals surface area contributed by atoms with E-state index in [0.717, 1.165) is 14.2 Å². The number of aliphatic hydroxyl groups excluding tert-OH is 1. The molecule has 1 amide bonds. The van der Waals surface area contributed by atoms with E-state index in [0.29, 0.717) is 11.2 Å². The number of amides is 1. The molecule has 0 fully saturated rings. The molecule has 0 rings (SSSR count). The van der Waals surface area contributed by atoms with Gasteiger partial charge in [0.05, 0.1) is 13.2 Å². The van der Waals surface area contributed by atoms with Crippen molar-refractivity contribution in [1.29, 1.82) is 0 Å². The summed E-state index contributed by atoms with van der Waals surface area (Å²) in [5.74, 6) is -4.49. The Kier molecular flexibility index (Phi) is 8.72. The summed E-state index contributed by atoms with van der Waals surface area (Å²) in [6.07, 6.45) is 0.628. The summed E-state index contributed by atoms with van der Waals surface area (Å²) in [7, 11) is -2.66. The molecule has 13 heteroatoms. The van der Waals surface area contributed by atoms with Gasteiger partial charge in [0.1, 0.15) is 0 Å². The highest BCUT2D eigenvalue weighted by Crippen LogP contribution is 2.47. The molecule has 134 valence electrons. The quantitative estimate of drug-likeness (QED) is 0.0617. The third kappa shape index (κ3) is 6.93. The number of hydrogen-bond acceptors (Lipinski definition) is 7. The summed E-state index contributed by atoms with van der Waals surface area (Å²) < 4.78 is 16.5. The van der Waals surface area contributed by atoms with Gasteiger partial charge in [0.15, 0.2) is 5.96 Å². The lowest BCUT2D eigenvalue weighted by molar-refractivity contribution is -0.146. The number of ether oxygens (including phenoxy) is 1. The van der Waals surface area contributed by atoms with Crippen LogP contribution in [0.3, 0.4) is 0 Å².